The number of hydrogen-bond donors (Lipinski definition) is 0. The Morgan fingerprint density at radius 3 is 2.69 bits per heavy atom. The van der Waals surface area contributed by atoms with Gasteiger partial charge >= 0.3 is 5.97 Å². The summed E-state index contributed by atoms with van der Waals surface area (Å²) in [7, 11) is 1.25. The summed E-state index contributed by atoms with van der Waals surface area (Å²) in [5.74, 6) is -1.04. The third-order valence-corrected chi connectivity index (χ3v) is 5.63. The number of carbonyl (C=O) groups excluding carboxylic acids is 2. The highest BCUT2D eigenvalue weighted by atomic mass is 35.5. The Kier molecular flexibility index (Phi) is 5.16. The van der Waals surface area contributed by atoms with Crippen LogP contribution in [0.25, 0.3) is 10.2 Å². The molecule has 0 aliphatic carbocycles. The van der Waals surface area contributed by atoms with Crippen molar-refractivity contribution in [2.75, 3.05) is 7.11 Å². The zero-order chi connectivity index (χ0) is 18.8. The fraction of sp³-hybridized carbons (Fsp3) is 0.133. The summed E-state index contributed by atoms with van der Waals surface area (Å²) in [6, 6.07) is 7.36. The van der Waals surface area contributed by atoms with Gasteiger partial charge in [-0.3, -0.25) is 19.7 Å². The number of aromatic nitrogens is 1. The first-order chi connectivity index (χ1) is 12.4. The van der Waals surface area contributed by atoms with E-state index >= 15 is 0 Å². The van der Waals surface area contributed by atoms with Crippen molar-refractivity contribution >= 4 is 62.1 Å². The molecule has 1 amide bonds. The zero-order valence-corrected chi connectivity index (χ0v) is 15.6. The molecule has 26 heavy (non-hydrogen) atoms. The van der Waals surface area contributed by atoms with Crippen molar-refractivity contribution in [1.29, 1.82) is 0 Å². The Bertz CT molecular complexity index is 1100. The summed E-state index contributed by atoms with van der Waals surface area (Å²) >= 11 is 8.00. The molecule has 0 bridgehead atoms. The number of halogens is 1. The van der Waals surface area contributed by atoms with Crippen molar-refractivity contribution in [3.63, 3.8) is 0 Å². The number of fused-ring (bicyclic) bond motifs is 1. The zero-order valence-electron chi connectivity index (χ0n) is 13.2. The van der Waals surface area contributed by atoms with Gasteiger partial charge in [0, 0.05) is 12.1 Å². The molecule has 1 aromatic carbocycles. The smallest absolute Gasteiger partial charge is 0.325 e. The van der Waals surface area contributed by atoms with Gasteiger partial charge in [-0.05, 0) is 18.2 Å². The van der Waals surface area contributed by atoms with Gasteiger partial charge in [-0.15, -0.1) is 11.3 Å². The van der Waals surface area contributed by atoms with Gasteiger partial charge in [-0.2, -0.15) is 4.99 Å². The fourth-order valence-electron chi connectivity index (χ4n) is 2.18. The number of nitro benzene ring substituents is 1. The van der Waals surface area contributed by atoms with Crippen LogP contribution >= 0.6 is 34.3 Å². The van der Waals surface area contributed by atoms with Gasteiger partial charge < -0.3 is 9.30 Å². The van der Waals surface area contributed by atoms with E-state index in [2.05, 4.69) is 9.73 Å². The number of nitrogens with zero attached hydrogens (tertiary/aromatic N) is 3. The van der Waals surface area contributed by atoms with Crippen molar-refractivity contribution in [2.24, 2.45) is 4.99 Å². The van der Waals surface area contributed by atoms with Crippen molar-refractivity contribution < 1.29 is 19.2 Å². The molecule has 3 aromatic rings. The molecule has 2 heterocycles. The number of amides is 1. The summed E-state index contributed by atoms with van der Waals surface area (Å²) < 4.78 is 7.15. The molecule has 8 nitrogen and oxygen atoms in total. The molecule has 2 aromatic heterocycles. The van der Waals surface area contributed by atoms with Crippen LogP contribution in [0.5, 0.6) is 0 Å². The minimum Gasteiger partial charge on any atom is -0.468 e. The van der Waals surface area contributed by atoms with E-state index in [1.54, 1.807) is 12.1 Å². The van der Waals surface area contributed by atoms with Crippen LogP contribution < -0.4 is 4.80 Å². The second-order valence-corrected chi connectivity index (χ2v) is 7.70. The lowest BCUT2D eigenvalue weighted by atomic mass is 10.3. The van der Waals surface area contributed by atoms with Gasteiger partial charge in [0.15, 0.2) is 4.80 Å². The van der Waals surface area contributed by atoms with Gasteiger partial charge in [0.05, 0.1) is 31.5 Å². The van der Waals surface area contributed by atoms with Crippen LogP contribution in [0, 0.1) is 10.1 Å². The molecule has 0 fully saturated rings. The highest BCUT2D eigenvalue weighted by Crippen LogP contribution is 2.24. The number of benzene rings is 1. The number of thiophene rings is 1. The highest BCUT2D eigenvalue weighted by Gasteiger charge is 2.16. The first-order valence-corrected chi connectivity index (χ1v) is 9.09. The van der Waals surface area contributed by atoms with Crippen LogP contribution in [-0.4, -0.2) is 28.5 Å². The van der Waals surface area contributed by atoms with Crippen molar-refractivity contribution in [3.8, 4) is 0 Å². The number of non-ortho nitro benzene ring substituents is 1. The molecule has 0 atom stereocenters. The lowest BCUT2D eigenvalue weighted by Gasteiger charge is -2.03. The summed E-state index contributed by atoms with van der Waals surface area (Å²) in [6.07, 6.45) is 0. The van der Waals surface area contributed by atoms with Gasteiger partial charge in [-0.25, -0.2) is 0 Å². The van der Waals surface area contributed by atoms with Crippen LogP contribution in [-0.2, 0) is 16.1 Å². The van der Waals surface area contributed by atoms with E-state index in [1.165, 1.54) is 29.9 Å². The van der Waals surface area contributed by atoms with Gasteiger partial charge in [0.25, 0.3) is 11.6 Å². The SMILES string of the molecule is COC(=O)Cn1c(=NC(=O)c2ccc(Cl)s2)sc2cc([N+](=O)[O-])ccc21. The van der Waals surface area contributed by atoms with Crippen molar-refractivity contribution in [1.82, 2.24) is 4.57 Å². The molecule has 0 N–H and O–H groups in total. The molecule has 3 rings (SSSR count). The van der Waals surface area contributed by atoms with E-state index in [9.17, 15) is 19.7 Å². The third-order valence-electron chi connectivity index (χ3n) is 3.37. The van der Waals surface area contributed by atoms with E-state index in [-0.39, 0.29) is 17.0 Å². The Labute approximate surface area is 159 Å². The topological polar surface area (TPSA) is 104 Å². The maximum absolute atomic E-state index is 12.3. The quantitative estimate of drug-likeness (QED) is 0.372. The normalized spacial score (nSPS) is 11.7. The monoisotopic (exact) mass is 411 g/mol. The van der Waals surface area contributed by atoms with Crippen molar-refractivity contribution in [2.45, 2.75) is 6.54 Å². The average Bonchev–Trinajstić information content (AvgIpc) is 3.18. The van der Waals surface area contributed by atoms with Crippen LogP contribution in [0.4, 0.5) is 5.69 Å². The predicted octanol–water partition coefficient (Wildman–Crippen LogP) is 3.24. The second-order valence-electron chi connectivity index (χ2n) is 4.98. The first kappa shape index (κ1) is 18.2. The fourth-order valence-corrected chi connectivity index (χ4v) is 4.17. The molecule has 0 unspecified atom stereocenters. The van der Waals surface area contributed by atoms with Crippen molar-refractivity contribution in [3.05, 3.63) is 54.5 Å². The first-order valence-electron chi connectivity index (χ1n) is 7.08. The minimum atomic E-state index is -0.531. The van der Waals surface area contributed by atoms with Crippen LogP contribution in [0.2, 0.25) is 4.34 Å². The van der Waals surface area contributed by atoms with E-state index in [0.29, 0.717) is 19.4 Å². The Morgan fingerprint density at radius 1 is 1.31 bits per heavy atom. The number of carbonyl (C=O) groups is 2. The van der Waals surface area contributed by atoms with E-state index in [4.69, 9.17) is 11.6 Å². The number of rotatable bonds is 4. The predicted molar refractivity (Wildman–Crippen MR) is 97.7 cm³/mol. The summed E-state index contributed by atoms with van der Waals surface area (Å²) in [5, 5.41) is 11.0. The number of esters is 1. The maximum atomic E-state index is 12.3. The Hall–Kier alpha value is -2.56. The Morgan fingerprint density at radius 2 is 2.08 bits per heavy atom. The summed E-state index contributed by atoms with van der Waals surface area (Å²) in [5.41, 5.74) is 0.452. The van der Waals surface area contributed by atoms with E-state index < -0.39 is 16.8 Å². The Balaban J connectivity index is 2.16. The number of nitro groups is 1. The highest BCUT2D eigenvalue weighted by molar-refractivity contribution is 7.18. The molecule has 0 saturated heterocycles. The summed E-state index contributed by atoms with van der Waals surface area (Å²) in [4.78, 5) is 39.2. The van der Waals surface area contributed by atoms with Crippen LogP contribution in [0.1, 0.15) is 9.67 Å². The molecule has 0 saturated carbocycles. The third kappa shape index (κ3) is 3.66. The van der Waals surface area contributed by atoms with Crippen LogP contribution in [0.15, 0.2) is 35.3 Å². The lowest BCUT2D eigenvalue weighted by Crippen LogP contribution is -2.22. The van der Waals surface area contributed by atoms with Crippen LogP contribution in [0.3, 0.4) is 0 Å². The molecule has 0 aliphatic heterocycles. The maximum Gasteiger partial charge on any atom is 0.325 e. The molecule has 11 heteroatoms. The minimum absolute atomic E-state index is 0.0908. The van der Waals surface area contributed by atoms with Gasteiger partial charge in [-0.1, -0.05) is 22.9 Å². The van der Waals surface area contributed by atoms with E-state index in [1.807, 2.05) is 0 Å². The molecule has 0 spiro atoms. The summed E-state index contributed by atoms with van der Waals surface area (Å²) in [6.45, 7) is -0.175. The average molecular weight is 412 g/mol. The number of hydrogen-bond acceptors (Lipinski definition) is 7. The molecular formula is C15H10ClN3O5S2. The molecular weight excluding hydrogens is 402 g/mol. The molecule has 0 radical (unpaired) electrons. The van der Waals surface area contributed by atoms with Gasteiger partial charge in [0.2, 0.25) is 0 Å². The molecule has 0 aliphatic rings. The standard InChI is InChI=1S/C15H10ClN3O5S2/c1-24-13(20)7-18-9-3-2-8(19(22)23)6-11(9)26-15(18)17-14(21)10-4-5-12(16)25-10/h2-6H,7H2,1H3. The number of ether oxygens (including phenoxy) is 1. The second kappa shape index (κ2) is 7.36. The number of thiazole rings is 1. The lowest BCUT2D eigenvalue weighted by molar-refractivity contribution is -0.384. The molecule has 134 valence electrons. The van der Waals surface area contributed by atoms with Gasteiger partial charge in [0.1, 0.15) is 6.54 Å². The number of methoxy groups -OCH3 is 1. The largest absolute Gasteiger partial charge is 0.468 e. The van der Waals surface area contributed by atoms with E-state index in [0.717, 1.165) is 22.7 Å².